The molecule has 0 saturated heterocycles. The number of hydrogen-bond donors (Lipinski definition) is 0. The Labute approximate surface area is 156 Å². The van der Waals surface area contributed by atoms with Crippen LogP contribution in [0.15, 0.2) is 24.3 Å². The van der Waals surface area contributed by atoms with Crippen molar-refractivity contribution in [2.75, 3.05) is 0 Å². The third-order valence-corrected chi connectivity index (χ3v) is 2.75. The third-order valence-electron chi connectivity index (χ3n) is 2.75. The van der Waals surface area contributed by atoms with Gasteiger partial charge in [-0.05, 0) is 27.7 Å². The van der Waals surface area contributed by atoms with Crippen LogP contribution in [0.4, 0.5) is 0 Å². The highest BCUT2D eigenvalue weighted by atomic mass is 16.1. The summed E-state index contributed by atoms with van der Waals surface area (Å²) in [5, 5.41) is 0. The zero-order valence-electron chi connectivity index (χ0n) is 18.3. The van der Waals surface area contributed by atoms with Crippen molar-refractivity contribution in [3.8, 4) is 0 Å². The minimum Gasteiger partial charge on any atom is -0.300 e. The molecule has 0 bridgehead atoms. The second-order valence-electron chi connectivity index (χ2n) is 4.84. The molecule has 0 aliphatic carbocycles. The number of Topliss-reactive ketones (excluding diaryl/α,β-unsaturated/α-hetero) is 3. The van der Waals surface area contributed by atoms with Gasteiger partial charge in [0.2, 0.25) is 0 Å². The van der Waals surface area contributed by atoms with E-state index in [1.54, 1.807) is 13.8 Å². The van der Waals surface area contributed by atoms with Gasteiger partial charge < -0.3 is 4.79 Å². The summed E-state index contributed by atoms with van der Waals surface area (Å²) >= 11 is 0. The molecule has 0 spiro atoms. The van der Waals surface area contributed by atoms with Crippen LogP contribution in [0.5, 0.6) is 0 Å². The van der Waals surface area contributed by atoms with Gasteiger partial charge in [0.25, 0.3) is 0 Å². The summed E-state index contributed by atoms with van der Waals surface area (Å²) in [7, 11) is 0. The molecule has 0 fully saturated rings. The van der Waals surface area contributed by atoms with Gasteiger partial charge >= 0.3 is 0 Å². The van der Waals surface area contributed by atoms with Gasteiger partial charge in [-0.3, -0.25) is 9.59 Å². The lowest BCUT2D eigenvalue weighted by Crippen LogP contribution is -2.09. The highest BCUT2D eigenvalue weighted by molar-refractivity contribution is 5.94. The maximum absolute atomic E-state index is 10.8. The number of aryl methyl sites for hydroxylation is 1. The molecule has 1 unspecified atom stereocenters. The first-order valence-electron chi connectivity index (χ1n) is 9.31. The summed E-state index contributed by atoms with van der Waals surface area (Å²) in [5.41, 5.74) is 1.97. The summed E-state index contributed by atoms with van der Waals surface area (Å²) in [6, 6.07) is 7.57. The van der Waals surface area contributed by atoms with Crippen molar-refractivity contribution in [2.45, 2.75) is 82.6 Å². The van der Waals surface area contributed by atoms with E-state index in [0.29, 0.717) is 6.42 Å². The summed E-state index contributed by atoms with van der Waals surface area (Å²) in [6.45, 7) is 20.4. The fourth-order valence-corrected chi connectivity index (χ4v) is 1.36. The van der Waals surface area contributed by atoms with Gasteiger partial charge in [-0.1, -0.05) is 78.3 Å². The average molecular weight is 353 g/mol. The number of rotatable bonds is 4. The Hall–Kier alpha value is -1.77. The molecule has 3 nitrogen and oxygen atoms in total. The standard InChI is InChI=1S/C9H10O.C7H12O2.3C2H6/c1-7-3-5-9(6-4-7)8(2)10;1-5(7(3)9)4-6(2)8;3*1-2/h3-6H,1-2H3;5H,4H2,1-3H3;3*1-2H3. The van der Waals surface area contributed by atoms with Gasteiger partial charge in [0.05, 0.1) is 0 Å². The highest BCUT2D eigenvalue weighted by Crippen LogP contribution is 2.03. The number of hydrogen-bond acceptors (Lipinski definition) is 3. The second kappa shape index (κ2) is 22.2. The fraction of sp³-hybridized carbons (Fsp3) is 0.591. The van der Waals surface area contributed by atoms with Crippen LogP contribution in [0, 0.1) is 12.8 Å². The van der Waals surface area contributed by atoms with Crippen molar-refractivity contribution in [2.24, 2.45) is 5.92 Å². The largest absolute Gasteiger partial charge is 0.300 e. The van der Waals surface area contributed by atoms with Gasteiger partial charge in [-0.2, -0.15) is 0 Å². The SMILES string of the molecule is CC.CC.CC.CC(=O)CC(C)C(C)=O.CC(=O)c1ccc(C)cc1. The average Bonchev–Trinajstić information content (AvgIpc) is 2.60. The molecule has 0 radical (unpaired) electrons. The Morgan fingerprint density at radius 2 is 1.16 bits per heavy atom. The monoisotopic (exact) mass is 352 g/mol. The molecule has 146 valence electrons. The Morgan fingerprint density at radius 3 is 1.36 bits per heavy atom. The van der Waals surface area contributed by atoms with Gasteiger partial charge in [-0.15, -0.1) is 0 Å². The Morgan fingerprint density at radius 1 is 0.800 bits per heavy atom. The van der Waals surface area contributed by atoms with Crippen LogP contribution in [-0.2, 0) is 9.59 Å². The lowest BCUT2D eigenvalue weighted by atomic mass is 10.0. The molecule has 25 heavy (non-hydrogen) atoms. The Bertz CT molecular complexity index is 445. The van der Waals surface area contributed by atoms with Crippen molar-refractivity contribution >= 4 is 17.3 Å². The molecule has 1 aromatic carbocycles. The first kappa shape index (κ1) is 31.0. The number of carbonyl (C=O) groups excluding carboxylic acids is 3. The predicted molar refractivity (Wildman–Crippen MR) is 110 cm³/mol. The van der Waals surface area contributed by atoms with E-state index in [-0.39, 0.29) is 23.3 Å². The third kappa shape index (κ3) is 22.2. The minimum atomic E-state index is -0.0949. The predicted octanol–water partition coefficient (Wildman–Crippen LogP) is 6.47. The van der Waals surface area contributed by atoms with E-state index in [4.69, 9.17) is 0 Å². The Balaban J connectivity index is -0.000000136. The summed E-state index contributed by atoms with van der Waals surface area (Å²) in [5.74, 6) is 0.199. The fourth-order valence-electron chi connectivity index (χ4n) is 1.36. The molecule has 1 atom stereocenters. The number of benzene rings is 1. The first-order chi connectivity index (χ1) is 11.7. The maximum Gasteiger partial charge on any atom is 0.159 e. The molecule has 3 heteroatoms. The van der Waals surface area contributed by atoms with Crippen LogP contribution in [0.1, 0.15) is 91.6 Å². The Kier molecular flexibility index (Phi) is 27.6. The van der Waals surface area contributed by atoms with Crippen LogP contribution < -0.4 is 0 Å². The zero-order valence-corrected chi connectivity index (χ0v) is 18.3. The van der Waals surface area contributed by atoms with Crippen molar-refractivity contribution in [3.63, 3.8) is 0 Å². The molecular formula is C22H40O3. The van der Waals surface area contributed by atoms with Crippen molar-refractivity contribution in [3.05, 3.63) is 35.4 Å². The van der Waals surface area contributed by atoms with Gasteiger partial charge in [-0.25, -0.2) is 0 Å². The van der Waals surface area contributed by atoms with Crippen LogP contribution in [-0.4, -0.2) is 17.3 Å². The van der Waals surface area contributed by atoms with Crippen LogP contribution in [0.2, 0.25) is 0 Å². The second-order valence-corrected chi connectivity index (χ2v) is 4.84. The molecule has 1 rings (SSSR count). The molecule has 0 N–H and O–H groups in total. The molecular weight excluding hydrogens is 312 g/mol. The summed E-state index contributed by atoms with van der Waals surface area (Å²) < 4.78 is 0. The zero-order chi connectivity index (χ0) is 21.0. The van der Waals surface area contributed by atoms with Crippen molar-refractivity contribution in [1.29, 1.82) is 0 Å². The van der Waals surface area contributed by atoms with Crippen molar-refractivity contribution < 1.29 is 14.4 Å². The summed E-state index contributed by atoms with van der Waals surface area (Å²) in [6.07, 6.45) is 0.384. The smallest absolute Gasteiger partial charge is 0.159 e. The highest BCUT2D eigenvalue weighted by Gasteiger charge is 2.08. The van der Waals surface area contributed by atoms with Gasteiger partial charge in [0.15, 0.2) is 5.78 Å². The first-order valence-corrected chi connectivity index (χ1v) is 9.31. The number of ketones is 3. The normalized spacial score (nSPS) is 9.08. The molecule has 0 aliphatic rings. The van der Waals surface area contributed by atoms with E-state index < -0.39 is 0 Å². The molecule has 0 aliphatic heterocycles. The lowest BCUT2D eigenvalue weighted by Gasteiger charge is -2.01. The topological polar surface area (TPSA) is 51.2 Å². The maximum atomic E-state index is 10.8. The van der Waals surface area contributed by atoms with Crippen LogP contribution >= 0.6 is 0 Å². The molecule has 0 amide bonds. The van der Waals surface area contributed by atoms with Gasteiger partial charge in [0.1, 0.15) is 11.6 Å². The van der Waals surface area contributed by atoms with E-state index in [9.17, 15) is 14.4 Å². The van der Waals surface area contributed by atoms with Gasteiger partial charge in [0, 0.05) is 17.9 Å². The summed E-state index contributed by atoms with van der Waals surface area (Å²) in [4.78, 5) is 31.7. The van der Waals surface area contributed by atoms with E-state index in [1.807, 2.05) is 72.7 Å². The molecule has 1 aromatic rings. The van der Waals surface area contributed by atoms with Crippen LogP contribution in [0.3, 0.4) is 0 Å². The van der Waals surface area contributed by atoms with Crippen molar-refractivity contribution in [1.82, 2.24) is 0 Å². The van der Waals surface area contributed by atoms with E-state index in [2.05, 4.69) is 0 Å². The quantitative estimate of drug-likeness (QED) is 0.584. The molecule has 0 saturated carbocycles. The van der Waals surface area contributed by atoms with E-state index in [1.165, 1.54) is 19.4 Å². The molecule has 0 heterocycles. The van der Waals surface area contributed by atoms with Crippen LogP contribution in [0.25, 0.3) is 0 Å². The van der Waals surface area contributed by atoms with E-state index >= 15 is 0 Å². The van der Waals surface area contributed by atoms with E-state index in [0.717, 1.165) is 5.56 Å². The lowest BCUT2D eigenvalue weighted by molar-refractivity contribution is -0.125. The number of carbonyl (C=O) groups is 3. The minimum absolute atomic E-state index is 0.0812. The molecule has 0 aromatic heterocycles.